The van der Waals surface area contributed by atoms with Crippen LogP contribution in [-0.4, -0.2) is 0 Å². The smallest absolute Gasteiger partial charge is 0.0270 e. The standard InChI is InChI=1S/C12H19N/c1-9(2)10(3)8-11-4-6-12(13)7-5-11/h4,6-7,9,11H,3,5,8,13H2,1-2H3. The summed E-state index contributed by atoms with van der Waals surface area (Å²) in [5, 5.41) is 0. The molecule has 0 aromatic rings. The summed E-state index contributed by atoms with van der Waals surface area (Å²) >= 11 is 0. The quantitative estimate of drug-likeness (QED) is 0.659. The first-order chi connectivity index (χ1) is 6.09. The summed E-state index contributed by atoms with van der Waals surface area (Å²) in [6, 6.07) is 0. The van der Waals surface area contributed by atoms with Crippen LogP contribution in [0.5, 0.6) is 0 Å². The van der Waals surface area contributed by atoms with Crippen molar-refractivity contribution in [2.45, 2.75) is 26.7 Å². The van der Waals surface area contributed by atoms with Gasteiger partial charge in [-0.25, -0.2) is 0 Å². The van der Waals surface area contributed by atoms with Crippen LogP contribution in [0, 0.1) is 11.8 Å². The molecule has 72 valence electrons. The molecule has 0 aliphatic heterocycles. The van der Waals surface area contributed by atoms with E-state index in [9.17, 15) is 0 Å². The molecule has 1 nitrogen and oxygen atoms in total. The SMILES string of the molecule is C=C(CC1C=CC(N)=CC1)C(C)C. The maximum atomic E-state index is 5.64. The number of allylic oxidation sites excluding steroid dienone is 4. The molecular weight excluding hydrogens is 158 g/mol. The fourth-order valence-electron chi connectivity index (χ4n) is 1.41. The molecule has 2 N–H and O–H groups in total. The van der Waals surface area contributed by atoms with Crippen molar-refractivity contribution in [1.82, 2.24) is 0 Å². The van der Waals surface area contributed by atoms with Crippen LogP contribution >= 0.6 is 0 Å². The normalized spacial score (nSPS) is 21.8. The topological polar surface area (TPSA) is 26.0 Å². The highest BCUT2D eigenvalue weighted by Crippen LogP contribution is 2.24. The van der Waals surface area contributed by atoms with Gasteiger partial charge in [0.25, 0.3) is 0 Å². The lowest BCUT2D eigenvalue weighted by atomic mass is 9.89. The largest absolute Gasteiger partial charge is 0.399 e. The zero-order valence-electron chi connectivity index (χ0n) is 8.59. The van der Waals surface area contributed by atoms with Crippen LogP contribution in [0.25, 0.3) is 0 Å². The predicted octanol–water partition coefficient (Wildman–Crippen LogP) is 3.01. The molecule has 0 heterocycles. The molecule has 1 aliphatic rings. The van der Waals surface area contributed by atoms with Gasteiger partial charge in [-0.2, -0.15) is 0 Å². The van der Waals surface area contributed by atoms with Crippen molar-refractivity contribution in [1.29, 1.82) is 0 Å². The Kier molecular flexibility index (Phi) is 3.35. The molecular formula is C12H19N. The highest BCUT2D eigenvalue weighted by Gasteiger charge is 2.10. The van der Waals surface area contributed by atoms with Gasteiger partial charge in [-0.3, -0.25) is 0 Å². The summed E-state index contributed by atoms with van der Waals surface area (Å²) in [5.74, 6) is 1.21. The Balaban J connectivity index is 2.41. The Hall–Kier alpha value is -0.980. The molecule has 0 spiro atoms. The first kappa shape index (κ1) is 10.1. The molecule has 1 heteroatoms. The molecule has 1 unspecified atom stereocenters. The van der Waals surface area contributed by atoms with Gasteiger partial charge in [0.2, 0.25) is 0 Å². The van der Waals surface area contributed by atoms with E-state index in [2.05, 4.69) is 32.6 Å². The van der Waals surface area contributed by atoms with E-state index >= 15 is 0 Å². The van der Waals surface area contributed by atoms with Gasteiger partial charge in [0.1, 0.15) is 0 Å². The van der Waals surface area contributed by atoms with Crippen LogP contribution < -0.4 is 5.73 Å². The van der Waals surface area contributed by atoms with E-state index in [1.807, 2.05) is 6.08 Å². The lowest BCUT2D eigenvalue weighted by Crippen LogP contribution is -2.06. The Labute approximate surface area is 81.0 Å². The molecule has 0 radical (unpaired) electrons. The molecule has 0 aromatic heterocycles. The average molecular weight is 177 g/mol. The van der Waals surface area contributed by atoms with Gasteiger partial charge in [-0.15, -0.1) is 0 Å². The van der Waals surface area contributed by atoms with Crippen LogP contribution in [0.1, 0.15) is 26.7 Å². The maximum absolute atomic E-state index is 5.64. The van der Waals surface area contributed by atoms with E-state index in [4.69, 9.17) is 5.73 Å². The van der Waals surface area contributed by atoms with Crippen LogP contribution in [-0.2, 0) is 0 Å². The fourth-order valence-corrected chi connectivity index (χ4v) is 1.41. The Morgan fingerprint density at radius 3 is 2.85 bits per heavy atom. The monoisotopic (exact) mass is 177 g/mol. The van der Waals surface area contributed by atoms with Gasteiger partial charge >= 0.3 is 0 Å². The second-order valence-electron chi connectivity index (χ2n) is 4.08. The number of rotatable bonds is 3. The van der Waals surface area contributed by atoms with Crippen molar-refractivity contribution < 1.29 is 0 Å². The molecule has 1 atom stereocenters. The van der Waals surface area contributed by atoms with E-state index in [1.54, 1.807) is 0 Å². The van der Waals surface area contributed by atoms with Crippen LogP contribution in [0.15, 0.2) is 36.1 Å². The van der Waals surface area contributed by atoms with Crippen molar-refractivity contribution in [3.05, 3.63) is 36.1 Å². The second kappa shape index (κ2) is 4.31. The van der Waals surface area contributed by atoms with Gasteiger partial charge in [-0.1, -0.05) is 38.2 Å². The minimum atomic E-state index is 0.594. The lowest BCUT2D eigenvalue weighted by Gasteiger charge is -2.17. The van der Waals surface area contributed by atoms with Crippen LogP contribution in [0.2, 0.25) is 0 Å². The minimum Gasteiger partial charge on any atom is -0.399 e. The van der Waals surface area contributed by atoms with Gasteiger partial charge in [0.05, 0.1) is 0 Å². The Morgan fingerprint density at radius 1 is 1.69 bits per heavy atom. The van der Waals surface area contributed by atoms with E-state index < -0.39 is 0 Å². The summed E-state index contributed by atoms with van der Waals surface area (Å²) in [7, 11) is 0. The van der Waals surface area contributed by atoms with E-state index in [-0.39, 0.29) is 0 Å². The van der Waals surface area contributed by atoms with Gasteiger partial charge in [0.15, 0.2) is 0 Å². The summed E-state index contributed by atoms with van der Waals surface area (Å²) < 4.78 is 0. The van der Waals surface area contributed by atoms with E-state index in [1.165, 1.54) is 5.57 Å². The summed E-state index contributed by atoms with van der Waals surface area (Å²) in [6.07, 6.45) is 8.45. The molecule has 0 aromatic carbocycles. The third kappa shape index (κ3) is 3.10. The highest BCUT2D eigenvalue weighted by atomic mass is 14.6. The summed E-state index contributed by atoms with van der Waals surface area (Å²) in [4.78, 5) is 0. The lowest BCUT2D eigenvalue weighted by molar-refractivity contribution is 0.593. The zero-order valence-corrected chi connectivity index (χ0v) is 8.59. The molecule has 0 bridgehead atoms. The van der Waals surface area contributed by atoms with Crippen LogP contribution in [0.3, 0.4) is 0 Å². The van der Waals surface area contributed by atoms with Crippen LogP contribution in [0.4, 0.5) is 0 Å². The van der Waals surface area contributed by atoms with Crippen molar-refractivity contribution >= 4 is 0 Å². The minimum absolute atomic E-state index is 0.594. The molecule has 1 aliphatic carbocycles. The van der Waals surface area contributed by atoms with E-state index in [0.29, 0.717) is 11.8 Å². The third-order valence-corrected chi connectivity index (χ3v) is 2.56. The molecule has 0 saturated carbocycles. The fraction of sp³-hybridized carbons (Fsp3) is 0.500. The molecule has 13 heavy (non-hydrogen) atoms. The first-order valence-corrected chi connectivity index (χ1v) is 4.91. The summed E-state index contributed by atoms with van der Waals surface area (Å²) in [5.41, 5.74) is 7.87. The average Bonchev–Trinajstić information content (AvgIpc) is 2.08. The predicted molar refractivity (Wildman–Crippen MR) is 58.1 cm³/mol. The van der Waals surface area contributed by atoms with Gasteiger partial charge < -0.3 is 5.73 Å². The van der Waals surface area contributed by atoms with Crippen molar-refractivity contribution in [2.75, 3.05) is 0 Å². The first-order valence-electron chi connectivity index (χ1n) is 4.91. The number of hydrogen-bond acceptors (Lipinski definition) is 1. The Morgan fingerprint density at radius 2 is 2.38 bits per heavy atom. The second-order valence-corrected chi connectivity index (χ2v) is 4.08. The molecule has 0 amide bonds. The van der Waals surface area contributed by atoms with Crippen molar-refractivity contribution in [3.63, 3.8) is 0 Å². The van der Waals surface area contributed by atoms with Gasteiger partial charge in [-0.05, 0) is 30.8 Å². The maximum Gasteiger partial charge on any atom is 0.0270 e. The molecule has 0 fully saturated rings. The Bertz CT molecular complexity index is 246. The molecule has 1 rings (SSSR count). The summed E-state index contributed by atoms with van der Waals surface area (Å²) in [6.45, 7) is 8.47. The molecule has 0 saturated heterocycles. The number of hydrogen-bond donors (Lipinski definition) is 1. The van der Waals surface area contributed by atoms with E-state index in [0.717, 1.165) is 18.5 Å². The zero-order chi connectivity index (χ0) is 9.84. The van der Waals surface area contributed by atoms with Crippen molar-refractivity contribution in [3.8, 4) is 0 Å². The van der Waals surface area contributed by atoms with Gasteiger partial charge in [0, 0.05) is 5.70 Å². The van der Waals surface area contributed by atoms with Crippen molar-refractivity contribution in [2.24, 2.45) is 17.6 Å². The third-order valence-electron chi connectivity index (χ3n) is 2.56. The number of nitrogens with two attached hydrogens (primary N) is 1. The highest BCUT2D eigenvalue weighted by molar-refractivity contribution is 5.21.